The summed E-state index contributed by atoms with van der Waals surface area (Å²) in [6.45, 7) is 1.13. The van der Waals surface area contributed by atoms with E-state index in [1.54, 1.807) is 48.6 Å². The molecule has 3 nitrogen and oxygen atoms in total. The molecule has 0 N–H and O–H groups in total. The minimum absolute atomic E-state index is 0.220. The molecule has 0 saturated carbocycles. The number of rotatable bonds is 8. The van der Waals surface area contributed by atoms with Gasteiger partial charge in [-0.2, -0.15) is 0 Å². The highest BCUT2D eigenvalue weighted by Gasteiger charge is 2.16. The molecule has 0 spiro atoms. The number of thioether (sulfide) groups is 1. The van der Waals surface area contributed by atoms with E-state index in [2.05, 4.69) is 4.98 Å². The van der Waals surface area contributed by atoms with Crippen molar-refractivity contribution in [3.63, 3.8) is 0 Å². The summed E-state index contributed by atoms with van der Waals surface area (Å²) in [6.07, 6.45) is 5.13. The summed E-state index contributed by atoms with van der Waals surface area (Å²) in [7, 11) is 0. The molecule has 7 heteroatoms. The van der Waals surface area contributed by atoms with Crippen LogP contribution < -0.4 is 0 Å². The van der Waals surface area contributed by atoms with E-state index >= 15 is 0 Å². The van der Waals surface area contributed by atoms with Crippen molar-refractivity contribution in [1.29, 1.82) is 0 Å². The molecule has 0 aliphatic carbocycles. The van der Waals surface area contributed by atoms with Gasteiger partial charge in [-0.05, 0) is 36.4 Å². The van der Waals surface area contributed by atoms with E-state index in [1.165, 1.54) is 12.1 Å². The first kappa shape index (κ1) is 19.2. The Bertz CT molecular complexity index is 828. The van der Waals surface area contributed by atoms with Gasteiger partial charge in [0.2, 0.25) is 0 Å². The summed E-state index contributed by atoms with van der Waals surface area (Å²) in [5.41, 5.74) is 0.886. The zero-order valence-corrected chi connectivity index (χ0v) is 16.1. The second-order valence-electron chi connectivity index (χ2n) is 5.59. The lowest BCUT2D eigenvalue weighted by Crippen LogP contribution is -2.14. The van der Waals surface area contributed by atoms with Crippen molar-refractivity contribution in [2.24, 2.45) is 0 Å². The van der Waals surface area contributed by atoms with Gasteiger partial charge >= 0.3 is 0 Å². The quantitative estimate of drug-likeness (QED) is 0.342. The number of nitrogens with zero attached hydrogens (tertiary/aromatic N) is 2. The highest BCUT2D eigenvalue weighted by atomic mass is 35.5. The molecule has 0 amide bonds. The van der Waals surface area contributed by atoms with E-state index in [0.29, 0.717) is 23.2 Å². The van der Waals surface area contributed by atoms with Crippen LogP contribution in [-0.4, -0.2) is 21.9 Å². The Balaban J connectivity index is 1.62. The van der Waals surface area contributed by atoms with Crippen LogP contribution in [0.3, 0.4) is 0 Å². The predicted octanol–water partition coefficient (Wildman–Crippen LogP) is 5.88. The van der Waals surface area contributed by atoms with E-state index in [9.17, 15) is 4.39 Å². The summed E-state index contributed by atoms with van der Waals surface area (Å²) < 4.78 is 21.0. The van der Waals surface area contributed by atoms with Crippen LogP contribution in [0.1, 0.15) is 11.7 Å². The predicted molar refractivity (Wildman–Crippen MR) is 105 cm³/mol. The zero-order valence-electron chi connectivity index (χ0n) is 13.8. The lowest BCUT2D eigenvalue weighted by Gasteiger charge is -2.20. The highest BCUT2D eigenvalue weighted by molar-refractivity contribution is 7.99. The topological polar surface area (TPSA) is 27.1 Å². The molecule has 26 heavy (non-hydrogen) atoms. The van der Waals surface area contributed by atoms with Crippen molar-refractivity contribution in [2.75, 3.05) is 12.4 Å². The fourth-order valence-electron chi connectivity index (χ4n) is 2.47. The number of ether oxygens (including phenoxy) is 1. The van der Waals surface area contributed by atoms with Gasteiger partial charge in [-0.1, -0.05) is 29.3 Å². The van der Waals surface area contributed by atoms with Crippen molar-refractivity contribution < 1.29 is 9.13 Å². The second kappa shape index (κ2) is 9.42. The van der Waals surface area contributed by atoms with Crippen LogP contribution in [0.25, 0.3) is 0 Å². The molecule has 2 aromatic carbocycles. The Labute approximate surface area is 166 Å². The minimum Gasteiger partial charge on any atom is -0.371 e. The van der Waals surface area contributed by atoms with Crippen molar-refractivity contribution in [3.05, 3.63) is 82.6 Å². The van der Waals surface area contributed by atoms with Gasteiger partial charge in [-0.3, -0.25) is 0 Å². The van der Waals surface area contributed by atoms with Gasteiger partial charge in [-0.25, -0.2) is 9.37 Å². The maximum absolute atomic E-state index is 13.0. The molecule has 0 saturated heterocycles. The maximum Gasteiger partial charge on any atom is 0.123 e. The molecule has 3 aromatic rings. The maximum atomic E-state index is 13.0. The molecule has 0 bridgehead atoms. The third-order valence-corrected chi connectivity index (χ3v) is 5.27. The van der Waals surface area contributed by atoms with E-state index in [1.807, 2.05) is 16.8 Å². The van der Waals surface area contributed by atoms with Gasteiger partial charge in [0.05, 0.1) is 19.5 Å². The molecular weight excluding hydrogens is 394 g/mol. The molecule has 1 aromatic heterocycles. The Hall–Kier alpha value is -1.53. The van der Waals surface area contributed by atoms with Crippen LogP contribution in [0.15, 0.2) is 66.1 Å². The zero-order chi connectivity index (χ0) is 18.4. The van der Waals surface area contributed by atoms with Crippen molar-refractivity contribution in [1.82, 2.24) is 9.55 Å². The van der Waals surface area contributed by atoms with Crippen molar-refractivity contribution in [3.8, 4) is 0 Å². The Morgan fingerprint density at radius 2 is 1.96 bits per heavy atom. The molecule has 1 unspecified atom stereocenters. The van der Waals surface area contributed by atoms with Crippen LogP contribution >= 0.6 is 35.0 Å². The van der Waals surface area contributed by atoms with E-state index < -0.39 is 0 Å². The van der Waals surface area contributed by atoms with Crippen LogP contribution in [0.5, 0.6) is 0 Å². The number of hydrogen-bond acceptors (Lipinski definition) is 3. The summed E-state index contributed by atoms with van der Waals surface area (Å²) >= 11 is 14.0. The number of halogens is 3. The van der Waals surface area contributed by atoms with Gasteiger partial charge in [0.1, 0.15) is 11.9 Å². The van der Waals surface area contributed by atoms with Gasteiger partial charge < -0.3 is 9.30 Å². The van der Waals surface area contributed by atoms with Crippen LogP contribution in [0.4, 0.5) is 4.39 Å². The van der Waals surface area contributed by atoms with E-state index in [0.717, 1.165) is 16.2 Å². The third-order valence-electron chi connectivity index (χ3n) is 3.73. The molecule has 0 fully saturated rings. The number of imidazole rings is 1. The molecule has 1 heterocycles. The molecule has 0 aliphatic heterocycles. The summed E-state index contributed by atoms with van der Waals surface area (Å²) in [5, 5.41) is 1.17. The van der Waals surface area contributed by atoms with Gasteiger partial charge in [0.15, 0.2) is 0 Å². The lowest BCUT2D eigenvalue weighted by atomic mass is 10.1. The largest absolute Gasteiger partial charge is 0.371 e. The first-order valence-electron chi connectivity index (χ1n) is 8.02. The van der Waals surface area contributed by atoms with Gasteiger partial charge in [0, 0.05) is 38.7 Å². The highest BCUT2D eigenvalue weighted by Crippen LogP contribution is 2.30. The average molecular weight is 411 g/mol. The minimum atomic E-state index is -0.233. The first-order valence-corrected chi connectivity index (χ1v) is 9.76. The van der Waals surface area contributed by atoms with Crippen LogP contribution in [0.2, 0.25) is 10.0 Å². The average Bonchev–Trinajstić information content (AvgIpc) is 3.12. The summed E-state index contributed by atoms with van der Waals surface area (Å²) in [6, 6.07) is 11.9. The Morgan fingerprint density at radius 1 is 1.15 bits per heavy atom. The molecule has 1 atom stereocenters. The fourth-order valence-corrected chi connectivity index (χ4v) is 3.74. The van der Waals surface area contributed by atoms with Crippen LogP contribution in [-0.2, 0) is 11.3 Å². The van der Waals surface area contributed by atoms with Gasteiger partial charge in [0.25, 0.3) is 0 Å². The normalized spacial score (nSPS) is 12.3. The smallest absolute Gasteiger partial charge is 0.123 e. The Kier molecular flexibility index (Phi) is 6.97. The first-order chi connectivity index (χ1) is 12.6. The van der Waals surface area contributed by atoms with Crippen molar-refractivity contribution >= 4 is 35.0 Å². The van der Waals surface area contributed by atoms with Crippen molar-refractivity contribution in [2.45, 2.75) is 17.5 Å². The van der Waals surface area contributed by atoms with Gasteiger partial charge in [-0.15, -0.1) is 11.8 Å². The monoisotopic (exact) mass is 410 g/mol. The van der Waals surface area contributed by atoms with Crippen LogP contribution in [0, 0.1) is 5.82 Å². The standard InChI is InChI=1S/C19H17Cl2FN2OS/c20-14-1-6-17(18(21)11-14)19(12-24-8-7-23-13-24)25-9-10-26-16-4-2-15(22)3-5-16/h1-8,11,13,19H,9-10,12H2. The molecule has 3 rings (SSSR count). The summed E-state index contributed by atoms with van der Waals surface area (Å²) in [5.74, 6) is 0.514. The molecule has 0 aliphatic rings. The molecular formula is C19H17Cl2FN2OS. The second-order valence-corrected chi connectivity index (χ2v) is 7.60. The fraction of sp³-hybridized carbons (Fsp3) is 0.211. The lowest BCUT2D eigenvalue weighted by molar-refractivity contribution is 0.0516. The third kappa shape index (κ3) is 5.48. The number of benzene rings is 2. The van der Waals surface area contributed by atoms with E-state index in [4.69, 9.17) is 27.9 Å². The number of hydrogen-bond donors (Lipinski definition) is 0. The Morgan fingerprint density at radius 3 is 2.65 bits per heavy atom. The summed E-state index contributed by atoms with van der Waals surface area (Å²) in [4.78, 5) is 5.07. The molecule has 136 valence electrons. The number of aromatic nitrogens is 2. The van der Waals surface area contributed by atoms with E-state index in [-0.39, 0.29) is 11.9 Å². The molecule has 0 radical (unpaired) electrons. The SMILES string of the molecule is Fc1ccc(SCCOC(Cn2ccnc2)c2ccc(Cl)cc2Cl)cc1.